The number of amides is 1. The number of hydrogen-bond donors (Lipinski definition) is 3. The summed E-state index contributed by atoms with van der Waals surface area (Å²) < 4.78 is 0. The number of hydrogen-bond acceptors (Lipinski definition) is 5. The smallest absolute Gasteiger partial charge is 0.305 e. The Balaban J connectivity index is 1.50. The van der Waals surface area contributed by atoms with Gasteiger partial charge in [-0.15, -0.1) is 0 Å². The summed E-state index contributed by atoms with van der Waals surface area (Å²) in [5.41, 5.74) is 1.70. The normalized spacial score (nSPS) is 20.3. The van der Waals surface area contributed by atoms with Crippen LogP contribution in [0.4, 0.5) is 5.69 Å². The highest BCUT2D eigenvalue weighted by molar-refractivity contribution is 5.94. The van der Waals surface area contributed by atoms with Crippen molar-refractivity contribution < 1.29 is 14.7 Å². The van der Waals surface area contributed by atoms with E-state index in [0.29, 0.717) is 11.6 Å². The van der Waals surface area contributed by atoms with Gasteiger partial charge in [0.15, 0.2) is 0 Å². The number of carboxylic acid groups (broad SMARTS) is 1. The van der Waals surface area contributed by atoms with Crippen LogP contribution >= 0.6 is 0 Å². The molecule has 7 nitrogen and oxygen atoms in total. The molecule has 1 amide bonds. The summed E-state index contributed by atoms with van der Waals surface area (Å²) in [5, 5.41) is 14.9. The zero-order valence-corrected chi connectivity index (χ0v) is 16.0. The van der Waals surface area contributed by atoms with Gasteiger partial charge in [0.25, 0.3) is 5.91 Å². The zero-order chi connectivity index (χ0) is 19.2. The van der Waals surface area contributed by atoms with Gasteiger partial charge in [-0.1, -0.05) is 0 Å². The van der Waals surface area contributed by atoms with E-state index in [1.54, 1.807) is 6.92 Å². The van der Waals surface area contributed by atoms with Crippen LogP contribution in [0.15, 0.2) is 24.3 Å². The summed E-state index contributed by atoms with van der Waals surface area (Å²) in [6.45, 7) is 8.25. The lowest BCUT2D eigenvalue weighted by molar-refractivity contribution is -0.137. The maximum atomic E-state index is 12.2. The molecule has 1 atom stereocenters. The maximum absolute atomic E-state index is 12.2. The first-order valence-corrected chi connectivity index (χ1v) is 9.85. The topological polar surface area (TPSA) is 84.9 Å². The van der Waals surface area contributed by atoms with Gasteiger partial charge in [0.2, 0.25) is 0 Å². The Morgan fingerprint density at radius 3 is 2.37 bits per heavy atom. The fraction of sp³-hybridized carbons (Fsp3) is 0.600. The van der Waals surface area contributed by atoms with Crippen molar-refractivity contribution in [2.75, 3.05) is 44.2 Å². The molecular formula is C20H30N4O3. The molecule has 0 aliphatic carbocycles. The molecule has 2 aliphatic rings. The van der Waals surface area contributed by atoms with Crippen molar-refractivity contribution >= 4 is 17.6 Å². The van der Waals surface area contributed by atoms with Gasteiger partial charge in [-0.05, 0) is 44.0 Å². The molecule has 1 aromatic rings. The van der Waals surface area contributed by atoms with Crippen LogP contribution in [0.1, 0.15) is 36.5 Å². The van der Waals surface area contributed by atoms with E-state index in [1.807, 2.05) is 24.3 Å². The Labute approximate surface area is 160 Å². The molecule has 0 spiro atoms. The monoisotopic (exact) mass is 374 g/mol. The highest BCUT2D eigenvalue weighted by Gasteiger charge is 2.25. The molecule has 0 saturated carbocycles. The minimum Gasteiger partial charge on any atom is -0.481 e. The van der Waals surface area contributed by atoms with Gasteiger partial charge < -0.3 is 20.6 Å². The molecule has 0 bridgehead atoms. The number of piperidine rings is 1. The molecule has 2 aliphatic heterocycles. The maximum Gasteiger partial charge on any atom is 0.305 e. The Bertz CT molecular complexity index is 635. The van der Waals surface area contributed by atoms with Crippen LogP contribution < -0.4 is 15.5 Å². The van der Waals surface area contributed by atoms with E-state index >= 15 is 0 Å². The van der Waals surface area contributed by atoms with Gasteiger partial charge in [0, 0.05) is 62.6 Å². The van der Waals surface area contributed by atoms with E-state index in [4.69, 9.17) is 5.11 Å². The summed E-state index contributed by atoms with van der Waals surface area (Å²) in [6, 6.07) is 7.91. The minimum atomic E-state index is -0.914. The standard InChI is InChI=1S/C20H30N4O3/c1-15(14-19(25)26)22-20(27)16-2-4-17(5-3-16)23-10-6-18(7-11-23)24-12-8-21-9-13-24/h2-5,15,18,21H,6-14H2,1H3,(H,22,27)(H,25,26). The number of nitrogens with one attached hydrogen (secondary N) is 2. The Morgan fingerprint density at radius 2 is 1.78 bits per heavy atom. The lowest BCUT2D eigenvalue weighted by Gasteiger charge is -2.41. The molecular weight excluding hydrogens is 344 g/mol. The highest BCUT2D eigenvalue weighted by atomic mass is 16.4. The van der Waals surface area contributed by atoms with Crippen LogP contribution in [0.5, 0.6) is 0 Å². The fourth-order valence-corrected chi connectivity index (χ4v) is 3.98. The second-order valence-corrected chi connectivity index (χ2v) is 7.52. The second-order valence-electron chi connectivity index (χ2n) is 7.52. The van der Waals surface area contributed by atoms with Crippen LogP contribution in [-0.2, 0) is 4.79 Å². The van der Waals surface area contributed by atoms with Gasteiger partial charge in [0.1, 0.15) is 0 Å². The van der Waals surface area contributed by atoms with Crippen molar-refractivity contribution in [3.63, 3.8) is 0 Å². The summed E-state index contributed by atoms with van der Waals surface area (Å²) in [7, 11) is 0. The summed E-state index contributed by atoms with van der Waals surface area (Å²) in [5.74, 6) is -1.14. The number of carbonyl (C=O) groups excluding carboxylic acids is 1. The first kappa shape index (κ1) is 19.6. The van der Waals surface area contributed by atoms with Gasteiger partial charge >= 0.3 is 5.97 Å². The van der Waals surface area contributed by atoms with Crippen molar-refractivity contribution in [2.45, 2.75) is 38.3 Å². The fourth-order valence-electron chi connectivity index (χ4n) is 3.98. The van der Waals surface area contributed by atoms with Crippen molar-refractivity contribution in [1.82, 2.24) is 15.5 Å². The number of carbonyl (C=O) groups is 2. The van der Waals surface area contributed by atoms with Gasteiger partial charge in [-0.25, -0.2) is 0 Å². The van der Waals surface area contributed by atoms with Crippen molar-refractivity contribution in [2.24, 2.45) is 0 Å². The zero-order valence-electron chi connectivity index (χ0n) is 16.0. The number of piperazine rings is 1. The lowest BCUT2D eigenvalue weighted by Crippen LogP contribution is -2.52. The largest absolute Gasteiger partial charge is 0.481 e. The molecule has 27 heavy (non-hydrogen) atoms. The van der Waals surface area contributed by atoms with Gasteiger partial charge in [0.05, 0.1) is 6.42 Å². The molecule has 3 rings (SSSR count). The quantitative estimate of drug-likeness (QED) is 0.693. The first-order chi connectivity index (χ1) is 13.0. The van der Waals surface area contributed by atoms with Crippen LogP contribution in [-0.4, -0.2) is 73.2 Å². The third-order valence-electron chi connectivity index (χ3n) is 5.49. The molecule has 2 fully saturated rings. The summed E-state index contributed by atoms with van der Waals surface area (Å²) >= 11 is 0. The molecule has 1 aromatic carbocycles. The minimum absolute atomic E-state index is 0.0775. The Morgan fingerprint density at radius 1 is 1.15 bits per heavy atom. The third kappa shape index (κ3) is 5.43. The molecule has 0 radical (unpaired) electrons. The predicted molar refractivity (Wildman–Crippen MR) is 105 cm³/mol. The van der Waals surface area contributed by atoms with E-state index in [-0.39, 0.29) is 12.3 Å². The summed E-state index contributed by atoms with van der Waals surface area (Å²) in [6.07, 6.45) is 2.27. The van der Waals surface area contributed by atoms with Crippen molar-refractivity contribution in [3.05, 3.63) is 29.8 Å². The average Bonchev–Trinajstić information content (AvgIpc) is 2.68. The number of anilines is 1. The second kappa shape index (κ2) is 9.19. The summed E-state index contributed by atoms with van der Waals surface area (Å²) in [4.78, 5) is 27.9. The van der Waals surface area contributed by atoms with Crippen molar-refractivity contribution in [3.8, 4) is 0 Å². The highest BCUT2D eigenvalue weighted by Crippen LogP contribution is 2.23. The number of carboxylic acids is 1. The Kier molecular flexibility index (Phi) is 6.68. The van der Waals surface area contributed by atoms with Crippen LogP contribution in [0.3, 0.4) is 0 Å². The number of nitrogens with zero attached hydrogens (tertiary/aromatic N) is 2. The predicted octanol–water partition coefficient (Wildman–Crippen LogP) is 1.15. The number of aliphatic carboxylic acids is 1. The third-order valence-corrected chi connectivity index (χ3v) is 5.49. The van der Waals surface area contributed by atoms with E-state index in [2.05, 4.69) is 20.4 Å². The molecule has 2 saturated heterocycles. The molecule has 148 valence electrons. The number of benzene rings is 1. The van der Waals surface area contributed by atoms with E-state index in [0.717, 1.165) is 45.0 Å². The van der Waals surface area contributed by atoms with E-state index < -0.39 is 12.0 Å². The van der Waals surface area contributed by atoms with Gasteiger partial charge in [-0.3, -0.25) is 14.5 Å². The molecule has 2 heterocycles. The number of rotatable bonds is 6. The first-order valence-electron chi connectivity index (χ1n) is 9.85. The van der Waals surface area contributed by atoms with Crippen LogP contribution in [0, 0.1) is 0 Å². The van der Waals surface area contributed by atoms with Gasteiger partial charge in [-0.2, -0.15) is 0 Å². The van der Waals surface area contributed by atoms with Crippen LogP contribution in [0.2, 0.25) is 0 Å². The average molecular weight is 374 g/mol. The molecule has 0 aromatic heterocycles. The van der Waals surface area contributed by atoms with Crippen LogP contribution in [0.25, 0.3) is 0 Å². The van der Waals surface area contributed by atoms with E-state index in [1.165, 1.54) is 12.8 Å². The molecule has 3 N–H and O–H groups in total. The lowest BCUT2D eigenvalue weighted by atomic mass is 10.0. The molecule has 7 heteroatoms. The SMILES string of the molecule is CC(CC(=O)O)NC(=O)c1ccc(N2CCC(N3CCNCC3)CC2)cc1. The van der Waals surface area contributed by atoms with E-state index in [9.17, 15) is 9.59 Å². The Hall–Kier alpha value is -2.12. The molecule has 1 unspecified atom stereocenters. The van der Waals surface area contributed by atoms with Crippen molar-refractivity contribution in [1.29, 1.82) is 0 Å².